The molecule has 4 nitrogen and oxygen atoms in total. The lowest BCUT2D eigenvalue weighted by molar-refractivity contribution is 0.480. The summed E-state index contributed by atoms with van der Waals surface area (Å²) >= 11 is 5.95. The quantitative estimate of drug-likeness (QED) is 0.504. The van der Waals surface area contributed by atoms with Crippen molar-refractivity contribution in [1.82, 2.24) is 4.98 Å². The van der Waals surface area contributed by atoms with E-state index in [2.05, 4.69) is 11.1 Å². The number of phenolic OH excluding ortho intramolecular Hbond substituents is 1. The summed E-state index contributed by atoms with van der Waals surface area (Å²) in [5.41, 5.74) is 3.73. The average Bonchev–Trinajstić information content (AvgIpc) is 2.76. The van der Waals surface area contributed by atoms with Crippen molar-refractivity contribution >= 4 is 40.3 Å². The molecule has 3 aromatic carbocycles. The minimum absolute atomic E-state index is 0.239. The second kappa shape index (κ2) is 9.25. The van der Waals surface area contributed by atoms with Crippen LogP contribution in [0.5, 0.6) is 5.75 Å². The molecule has 0 aliphatic carbocycles. The predicted molar refractivity (Wildman–Crippen MR) is 118 cm³/mol. The van der Waals surface area contributed by atoms with Crippen LogP contribution in [0.1, 0.15) is 11.1 Å². The number of para-hydroxylation sites is 1. The monoisotopic (exact) mass is 400 g/mol. The second-order valence-corrected chi connectivity index (χ2v) is 6.90. The molecule has 142 valence electrons. The highest BCUT2D eigenvalue weighted by molar-refractivity contribution is 6.78. The van der Waals surface area contributed by atoms with Crippen molar-refractivity contribution in [1.29, 1.82) is 5.26 Å². The molecule has 0 radical (unpaired) electrons. The van der Waals surface area contributed by atoms with E-state index in [0.29, 0.717) is 16.1 Å². The van der Waals surface area contributed by atoms with Crippen LogP contribution in [0.4, 0.5) is 0 Å². The molecule has 4 rings (SSSR count). The Balaban J connectivity index is 0.000000186. The first kappa shape index (κ1) is 20.4. The molecule has 0 saturated carbocycles. The summed E-state index contributed by atoms with van der Waals surface area (Å²) in [7, 11) is 0. The number of aromatic hydroxyl groups is 1. The van der Waals surface area contributed by atoms with Gasteiger partial charge in [-0.25, -0.2) is 0 Å². The number of nitriles is 1. The molecule has 0 fully saturated rings. The van der Waals surface area contributed by atoms with E-state index >= 15 is 0 Å². The highest BCUT2D eigenvalue weighted by Gasteiger charge is 2.17. The van der Waals surface area contributed by atoms with Gasteiger partial charge in [0.15, 0.2) is 0 Å². The number of aryl methyl sites for hydroxylation is 1. The first-order valence-electron chi connectivity index (χ1n) is 8.96. The number of hydrogen-bond donors (Lipinski definition) is 2. The van der Waals surface area contributed by atoms with Crippen LogP contribution in [0.25, 0.3) is 10.9 Å². The van der Waals surface area contributed by atoms with Gasteiger partial charge in [-0.2, -0.15) is 5.26 Å². The minimum atomic E-state index is -0.700. The summed E-state index contributed by atoms with van der Waals surface area (Å²) in [4.78, 5) is 4.03. The molecule has 0 spiro atoms. The van der Waals surface area contributed by atoms with Gasteiger partial charge in [-0.15, -0.1) is 0 Å². The molecular formula is C23H18BClN2O2. The summed E-state index contributed by atoms with van der Waals surface area (Å²) in [6.07, 6.45) is 1.67. The Morgan fingerprint density at radius 3 is 2.31 bits per heavy atom. The maximum Gasteiger partial charge on any atom is 0.358 e. The van der Waals surface area contributed by atoms with E-state index in [4.69, 9.17) is 16.9 Å². The fraction of sp³-hybridized carbons (Fsp3) is 0.0435. The number of benzene rings is 3. The van der Waals surface area contributed by atoms with Crippen LogP contribution >= 0.6 is 11.6 Å². The van der Waals surface area contributed by atoms with Gasteiger partial charge in [-0.3, -0.25) is 4.98 Å². The second-order valence-electron chi connectivity index (χ2n) is 6.50. The van der Waals surface area contributed by atoms with E-state index in [0.717, 1.165) is 21.9 Å². The molecule has 29 heavy (non-hydrogen) atoms. The number of halogens is 1. The first-order chi connectivity index (χ1) is 14.0. The Kier molecular flexibility index (Phi) is 6.51. The van der Waals surface area contributed by atoms with E-state index in [-0.39, 0.29) is 5.75 Å². The molecule has 6 heteroatoms. The Labute approximate surface area is 174 Å². The van der Waals surface area contributed by atoms with Crippen LogP contribution in [0.2, 0.25) is 5.02 Å². The summed E-state index contributed by atoms with van der Waals surface area (Å²) in [6, 6.07) is 23.5. The largest absolute Gasteiger partial charge is 0.506 e. The third-order valence-corrected chi connectivity index (χ3v) is 4.89. The van der Waals surface area contributed by atoms with Gasteiger partial charge in [0, 0.05) is 16.6 Å². The maximum atomic E-state index is 10.2. The lowest BCUT2D eigenvalue weighted by atomic mass is 9.56. The highest BCUT2D eigenvalue weighted by Crippen LogP contribution is 2.20. The summed E-state index contributed by atoms with van der Waals surface area (Å²) in [6.45, 7) is 1.20. The van der Waals surface area contributed by atoms with Crippen molar-refractivity contribution in [2.45, 2.75) is 6.92 Å². The smallest absolute Gasteiger partial charge is 0.358 e. The molecule has 0 amide bonds. The standard InChI is InChI=1S/C14H11BClNO.C9H7NO/c1-10-8-13(6-7-14(10)16)15(18)12-4-2-11(9-17)3-5-12;11-8-5-1-3-7-4-2-6-10-9(7)8/h2-8,18H,1H3;1-6,11H. The van der Waals surface area contributed by atoms with Gasteiger partial charge in [-0.1, -0.05) is 54.1 Å². The Hall–Kier alpha value is -3.33. The summed E-state index contributed by atoms with van der Waals surface area (Å²) in [5.74, 6) is 0.239. The first-order valence-corrected chi connectivity index (χ1v) is 9.34. The Bertz CT molecular complexity index is 1170. The Morgan fingerprint density at radius 1 is 0.966 bits per heavy atom. The van der Waals surface area contributed by atoms with Crippen LogP contribution in [0.3, 0.4) is 0 Å². The van der Waals surface area contributed by atoms with Crippen LogP contribution in [0.15, 0.2) is 79.0 Å². The molecule has 0 unspecified atom stereocenters. The topological polar surface area (TPSA) is 77.1 Å². The highest BCUT2D eigenvalue weighted by atomic mass is 35.5. The lowest BCUT2D eigenvalue weighted by Crippen LogP contribution is -2.42. The Morgan fingerprint density at radius 2 is 1.66 bits per heavy atom. The third-order valence-electron chi connectivity index (χ3n) is 4.46. The SMILES string of the molecule is Cc1cc(B(O)c2ccc(C#N)cc2)ccc1Cl.Oc1cccc2cccnc12. The number of phenols is 1. The van der Waals surface area contributed by atoms with Crippen molar-refractivity contribution in [3.8, 4) is 11.8 Å². The van der Waals surface area contributed by atoms with E-state index in [9.17, 15) is 10.1 Å². The van der Waals surface area contributed by atoms with Gasteiger partial charge >= 0.3 is 6.92 Å². The fourth-order valence-electron chi connectivity index (χ4n) is 2.86. The van der Waals surface area contributed by atoms with E-state index in [1.165, 1.54) is 0 Å². The summed E-state index contributed by atoms with van der Waals surface area (Å²) in [5, 5.41) is 29.9. The number of fused-ring (bicyclic) bond motifs is 1. The fourth-order valence-corrected chi connectivity index (χ4v) is 2.98. The molecule has 2 N–H and O–H groups in total. The van der Waals surface area contributed by atoms with Gasteiger partial charge in [0.25, 0.3) is 0 Å². The number of rotatable bonds is 2. The van der Waals surface area contributed by atoms with Crippen LogP contribution < -0.4 is 10.9 Å². The molecule has 0 aliphatic rings. The molecule has 0 aliphatic heterocycles. The van der Waals surface area contributed by atoms with Gasteiger partial charge in [0.1, 0.15) is 11.3 Å². The van der Waals surface area contributed by atoms with E-state index in [1.54, 1.807) is 54.7 Å². The zero-order valence-electron chi connectivity index (χ0n) is 15.7. The van der Waals surface area contributed by atoms with Crippen LogP contribution in [0, 0.1) is 18.3 Å². The molecule has 0 bridgehead atoms. The molecule has 0 atom stereocenters. The maximum absolute atomic E-state index is 10.2. The van der Waals surface area contributed by atoms with Crippen molar-refractivity contribution < 1.29 is 10.1 Å². The van der Waals surface area contributed by atoms with E-state index in [1.807, 2.05) is 31.2 Å². The predicted octanol–water partition coefficient (Wildman–Crippen LogP) is 3.56. The van der Waals surface area contributed by atoms with Crippen molar-refractivity contribution in [2.24, 2.45) is 0 Å². The zero-order valence-corrected chi connectivity index (χ0v) is 16.5. The van der Waals surface area contributed by atoms with E-state index < -0.39 is 6.92 Å². The molecule has 4 aromatic rings. The lowest BCUT2D eigenvalue weighted by Gasteiger charge is -2.09. The van der Waals surface area contributed by atoms with Gasteiger partial charge in [0.2, 0.25) is 0 Å². The third kappa shape index (κ3) is 4.94. The van der Waals surface area contributed by atoms with Crippen LogP contribution in [-0.2, 0) is 0 Å². The normalized spacial score (nSPS) is 10.0. The number of aromatic nitrogens is 1. The minimum Gasteiger partial charge on any atom is -0.506 e. The number of nitrogens with zero attached hydrogens (tertiary/aromatic N) is 2. The zero-order chi connectivity index (χ0) is 20.8. The van der Waals surface area contributed by atoms with Crippen LogP contribution in [-0.4, -0.2) is 22.0 Å². The number of hydrogen-bond acceptors (Lipinski definition) is 4. The molecular weight excluding hydrogens is 383 g/mol. The van der Waals surface area contributed by atoms with Crippen molar-refractivity contribution in [3.05, 3.63) is 95.1 Å². The van der Waals surface area contributed by atoms with Crippen molar-refractivity contribution in [2.75, 3.05) is 0 Å². The summed E-state index contributed by atoms with van der Waals surface area (Å²) < 4.78 is 0. The average molecular weight is 401 g/mol. The van der Waals surface area contributed by atoms with Gasteiger partial charge in [0.05, 0.1) is 11.6 Å². The molecule has 1 aromatic heterocycles. The number of pyridine rings is 1. The molecule has 0 saturated heterocycles. The van der Waals surface area contributed by atoms with Gasteiger partial charge < -0.3 is 10.1 Å². The van der Waals surface area contributed by atoms with Gasteiger partial charge in [-0.05, 0) is 53.7 Å². The molecule has 1 heterocycles. The van der Waals surface area contributed by atoms with Crippen molar-refractivity contribution in [3.63, 3.8) is 0 Å².